The second kappa shape index (κ2) is 10.8. The zero-order valence-corrected chi connectivity index (χ0v) is 6.61. The van der Waals surface area contributed by atoms with E-state index < -0.39 is 5.09 Å². The van der Waals surface area contributed by atoms with Gasteiger partial charge < -0.3 is 21.1 Å². The van der Waals surface area contributed by atoms with Crippen LogP contribution in [0.15, 0.2) is 0 Å². The maximum Gasteiger partial charge on any atom is 1.00 e. The molecule has 2 N–H and O–H groups in total. The summed E-state index contributed by atoms with van der Waals surface area (Å²) < 4.78 is 0. The van der Waals surface area contributed by atoms with Crippen LogP contribution < -0.4 is 5.73 Å². The van der Waals surface area contributed by atoms with Gasteiger partial charge in [0.05, 0.1) is 5.09 Å². The first-order chi connectivity index (χ1) is 3.46. The van der Waals surface area contributed by atoms with Crippen LogP contribution in [-0.4, -0.2) is 11.1 Å². The Bertz CT molecular complexity index is 61.3. The number of rotatable bonds is 0. The molecule has 0 rings (SSSR count). The van der Waals surface area contributed by atoms with E-state index in [0.29, 0.717) is 6.04 Å². The Labute approximate surface area is 68.8 Å². The van der Waals surface area contributed by atoms with Crippen molar-refractivity contribution in [2.75, 3.05) is 0 Å². The Kier molecular flexibility index (Phi) is 19.2. The van der Waals surface area contributed by atoms with Gasteiger partial charge in [-0.3, -0.25) is 0 Å². The van der Waals surface area contributed by atoms with Crippen LogP contribution in [0.2, 0.25) is 0 Å². The van der Waals surface area contributed by atoms with Crippen LogP contribution in [-0.2, 0) is 22.4 Å². The molecule has 0 aromatic heterocycles. The topological polar surface area (TPSA) is 92.2 Å². The molecule has 0 aliphatic rings. The minimum absolute atomic E-state index is 0. The summed E-state index contributed by atoms with van der Waals surface area (Å²) >= 11 is 0. The molecule has 0 radical (unpaired) electrons. The molecule has 0 saturated heterocycles. The summed E-state index contributed by atoms with van der Waals surface area (Å²) in [5.74, 6) is 0. The van der Waals surface area contributed by atoms with Crippen LogP contribution in [0.25, 0.3) is 0 Å². The normalized spacial score (nSPS) is 6.67. The predicted octanol–water partition coefficient (Wildman–Crippen LogP) is 0.112. The first-order valence-electron chi connectivity index (χ1n) is 2.04. The minimum atomic E-state index is -1.75. The van der Waals surface area contributed by atoms with Crippen LogP contribution in [0.5, 0.6) is 0 Å². The maximum absolute atomic E-state index is 8.25. The number of hydrogen-bond acceptors (Lipinski definition) is 4. The van der Waals surface area contributed by atoms with Gasteiger partial charge in [0.2, 0.25) is 0 Å². The van der Waals surface area contributed by atoms with E-state index in [1.54, 1.807) is 0 Å². The fourth-order valence-corrected chi connectivity index (χ4v) is 0. The number of hydrogen-bond donors (Lipinski definition) is 1. The van der Waals surface area contributed by atoms with Crippen molar-refractivity contribution in [3.8, 4) is 0 Å². The van der Waals surface area contributed by atoms with Gasteiger partial charge in [0.1, 0.15) is 0 Å². The average molecular weight is 229 g/mol. The molecule has 0 bridgehead atoms. The zero-order chi connectivity index (χ0) is 7.15. The summed E-state index contributed by atoms with van der Waals surface area (Å²) in [6, 6.07) is 0.333. The van der Waals surface area contributed by atoms with Gasteiger partial charge in [0.25, 0.3) is 0 Å². The van der Waals surface area contributed by atoms with Gasteiger partial charge >= 0.3 is 22.4 Å². The molecule has 0 aromatic rings. The molecular weight excluding hydrogens is 220 g/mol. The molecule has 0 aliphatic heterocycles. The van der Waals surface area contributed by atoms with Gasteiger partial charge in [-0.2, -0.15) is 0 Å². The summed E-state index contributed by atoms with van der Waals surface area (Å²) in [4.78, 5) is 8.25. The largest absolute Gasteiger partial charge is 1.00 e. The Balaban J connectivity index is -0.0000000720. The van der Waals surface area contributed by atoms with Crippen molar-refractivity contribution in [2.45, 2.75) is 19.9 Å². The van der Waals surface area contributed by atoms with Crippen molar-refractivity contribution < 1.29 is 27.5 Å². The number of nitrogens with two attached hydrogens (primary N) is 1. The van der Waals surface area contributed by atoms with Crippen molar-refractivity contribution >= 4 is 0 Å². The van der Waals surface area contributed by atoms with Gasteiger partial charge in [-0.1, -0.05) is 13.8 Å². The summed E-state index contributed by atoms with van der Waals surface area (Å²) in [7, 11) is 0. The molecule has 0 unspecified atom stereocenters. The van der Waals surface area contributed by atoms with Crippen molar-refractivity contribution in [1.29, 1.82) is 0 Å². The maximum atomic E-state index is 8.25. The van der Waals surface area contributed by atoms with Crippen LogP contribution in [0.1, 0.15) is 13.8 Å². The van der Waals surface area contributed by atoms with E-state index in [0.717, 1.165) is 0 Å². The van der Waals surface area contributed by atoms with Gasteiger partial charge in [-0.05, 0) is 6.04 Å². The van der Waals surface area contributed by atoms with Crippen LogP contribution in [0.4, 0.5) is 0 Å². The van der Waals surface area contributed by atoms with Gasteiger partial charge in [-0.15, -0.1) is 0 Å². The van der Waals surface area contributed by atoms with Gasteiger partial charge in [0.15, 0.2) is 0 Å². The summed E-state index contributed by atoms with van der Waals surface area (Å²) in [5, 5.41) is 14.8. The van der Waals surface area contributed by atoms with Gasteiger partial charge in [0, 0.05) is 0 Å². The van der Waals surface area contributed by atoms with Crippen LogP contribution in [0.3, 0.4) is 0 Å². The first kappa shape index (κ1) is 16.0. The molecule has 0 fully saturated rings. The van der Waals surface area contributed by atoms with Gasteiger partial charge in [-0.25, -0.2) is 0 Å². The molecule has 0 amide bonds. The van der Waals surface area contributed by atoms with E-state index in [4.69, 9.17) is 21.1 Å². The summed E-state index contributed by atoms with van der Waals surface area (Å²) in [6.45, 7) is 3.89. The summed E-state index contributed by atoms with van der Waals surface area (Å²) in [5.41, 5.74) is 5.11. The molecule has 6 heteroatoms. The van der Waals surface area contributed by atoms with E-state index in [1.807, 2.05) is 13.8 Å². The van der Waals surface area contributed by atoms with Crippen molar-refractivity contribution in [3.05, 3.63) is 15.3 Å². The molecule has 60 valence electrons. The molecule has 0 aromatic carbocycles. The molecular formula is C3H9AgN2O3. The molecule has 0 atom stereocenters. The Morgan fingerprint density at radius 2 is 1.44 bits per heavy atom. The predicted molar refractivity (Wildman–Crippen MR) is 29.7 cm³/mol. The molecule has 0 saturated carbocycles. The Hall–Kier alpha value is -0.0997. The third-order valence-electron chi connectivity index (χ3n) is 0. The zero-order valence-electron chi connectivity index (χ0n) is 5.13. The van der Waals surface area contributed by atoms with Crippen LogP contribution in [0, 0.1) is 15.3 Å². The monoisotopic (exact) mass is 228 g/mol. The SMILES string of the molecule is CC(C)N.O=[N+]([O-])[O-].[Ag+]. The molecule has 9 heavy (non-hydrogen) atoms. The third kappa shape index (κ3) is 27600. The molecule has 0 heterocycles. The fraction of sp³-hybridized carbons (Fsp3) is 1.00. The molecule has 0 spiro atoms. The van der Waals surface area contributed by atoms with E-state index in [9.17, 15) is 0 Å². The smallest absolute Gasteiger partial charge is 0.356 e. The standard InChI is InChI=1S/C3H9N.Ag.NO3/c1-3(2)4;;2-1(3)4/h3H,4H2,1-2H3;;/q;+1;-1. The van der Waals surface area contributed by atoms with E-state index in [1.165, 1.54) is 0 Å². The van der Waals surface area contributed by atoms with E-state index >= 15 is 0 Å². The van der Waals surface area contributed by atoms with Crippen molar-refractivity contribution in [1.82, 2.24) is 0 Å². The van der Waals surface area contributed by atoms with E-state index in [2.05, 4.69) is 0 Å². The number of nitrogens with zero attached hydrogens (tertiary/aromatic N) is 1. The third-order valence-corrected chi connectivity index (χ3v) is 0. The van der Waals surface area contributed by atoms with E-state index in [-0.39, 0.29) is 22.4 Å². The average Bonchev–Trinajstić information content (AvgIpc) is 1.25. The van der Waals surface area contributed by atoms with Crippen LogP contribution >= 0.6 is 0 Å². The quantitative estimate of drug-likeness (QED) is 0.362. The van der Waals surface area contributed by atoms with Crippen molar-refractivity contribution in [2.24, 2.45) is 5.73 Å². The second-order valence-corrected chi connectivity index (χ2v) is 1.47. The Morgan fingerprint density at radius 1 is 1.44 bits per heavy atom. The minimum Gasteiger partial charge on any atom is -0.356 e. The van der Waals surface area contributed by atoms with Crippen molar-refractivity contribution in [3.63, 3.8) is 0 Å². The second-order valence-electron chi connectivity index (χ2n) is 1.47. The molecule has 0 aliphatic carbocycles. The Morgan fingerprint density at radius 3 is 1.44 bits per heavy atom. The molecule has 5 nitrogen and oxygen atoms in total. The summed E-state index contributed by atoms with van der Waals surface area (Å²) in [6.07, 6.45) is 0. The first-order valence-corrected chi connectivity index (χ1v) is 2.04. The fourth-order valence-electron chi connectivity index (χ4n) is 0.